The maximum Gasteiger partial charge on any atom is 0.416 e. The van der Waals surface area contributed by atoms with E-state index in [9.17, 15) is 27.6 Å². The minimum Gasteiger partial charge on any atom is -0.455 e. The summed E-state index contributed by atoms with van der Waals surface area (Å²) in [5, 5.41) is 2.11. The number of esters is 1. The highest BCUT2D eigenvalue weighted by molar-refractivity contribution is 6.33. The lowest BCUT2D eigenvalue weighted by molar-refractivity contribution is -0.151. The Morgan fingerprint density at radius 1 is 1.22 bits per heavy atom. The highest BCUT2D eigenvalue weighted by atomic mass is 35.5. The van der Waals surface area contributed by atoms with Crippen molar-refractivity contribution < 1.29 is 32.3 Å². The zero-order valence-corrected chi connectivity index (χ0v) is 18.0. The van der Waals surface area contributed by atoms with E-state index >= 15 is 0 Å². The summed E-state index contributed by atoms with van der Waals surface area (Å²) in [7, 11) is 0. The van der Waals surface area contributed by atoms with Gasteiger partial charge < -0.3 is 15.0 Å². The highest BCUT2D eigenvalue weighted by Crippen LogP contribution is 2.34. The maximum atomic E-state index is 12.8. The lowest BCUT2D eigenvalue weighted by Gasteiger charge is -2.20. The number of hydrogen-bond donors (Lipinski definition) is 1. The van der Waals surface area contributed by atoms with E-state index in [4.69, 9.17) is 16.3 Å². The number of anilines is 2. The Kier molecular flexibility index (Phi) is 6.78. The van der Waals surface area contributed by atoms with Crippen molar-refractivity contribution in [2.45, 2.75) is 26.4 Å². The number of benzene rings is 2. The Morgan fingerprint density at radius 2 is 1.94 bits per heavy atom. The highest BCUT2D eigenvalue weighted by Gasteiger charge is 2.37. The number of nitrogens with zero attached hydrogens (tertiary/aromatic N) is 1. The van der Waals surface area contributed by atoms with Crippen LogP contribution in [0.1, 0.15) is 23.1 Å². The van der Waals surface area contributed by atoms with E-state index in [0.717, 1.165) is 23.3 Å². The predicted octanol–water partition coefficient (Wildman–Crippen LogP) is 4.51. The molecule has 1 fully saturated rings. The molecular formula is C22H20ClF3N2O4. The quantitative estimate of drug-likeness (QED) is 0.655. The zero-order valence-electron chi connectivity index (χ0n) is 17.3. The van der Waals surface area contributed by atoms with Crippen LogP contribution in [0.15, 0.2) is 36.4 Å². The van der Waals surface area contributed by atoms with E-state index in [1.165, 1.54) is 4.90 Å². The van der Waals surface area contributed by atoms with Crippen LogP contribution in [0.3, 0.4) is 0 Å². The van der Waals surface area contributed by atoms with Crippen molar-refractivity contribution in [1.29, 1.82) is 0 Å². The first-order valence-corrected chi connectivity index (χ1v) is 10.0. The molecule has 0 radical (unpaired) electrons. The van der Waals surface area contributed by atoms with Gasteiger partial charge in [0.2, 0.25) is 5.91 Å². The molecule has 1 aliphatic rings. The minimum atomic E-state index is -4.60. The van der Waals surface area contributed by atoms with Crippen molar-refractivity contribution in [3.63, 3.8) is 0 Å². The molecule has 6 nitrogen and oxygen atoms in total. The number of halogens is 4. The molecule has 2 aromatic rings. The fourth-order valence-corrected chi connectivity index (χ4v) is 3.53. The van der Waals surface area contributed by atoms with E-state index in [1.807, 2.05) is 26.0 Å². The molecule has 0 bridgehead atoms. The summed E-state index contributed by atoms with van der Waals surface area (Å²) in [6, 6.07) is 8.02. The molecule has 1 aliphatic heterocycles. The molecule has 2 amide bonds. The summed E-state index contributed by atoms with van der Waals surface area (Å²) >= 11 is 5.84. The first kappa shape index (κ1) is 23.6. The van der Waals surface area contributed by atoms with Gasteiger partial charge in [0.1, 0.15) is 0 Å². The predicted molar refractivity (Wildman–Crippen MR) is 112 cm³/mol. The van der Waals surface area contributed by atoms with Gasteiger partial charge in [-0.25, -0.2) is 0 Å². The van der Waals surface area contributed by atoms with Gasteiger partial charge in [0.05, 0.1) is 22.2 Å². The number of hydrogen-bond acceptors (Lipinski definition) is 4. The van der Waals surface area contributed by atoms with Crippen LogP contribution in [0.5, 0.6) is 0 Å². The first-order chi connectivity index (χ1) is 15.0. The van der Waals surface area contributed by atoms with Gasteiger partial charge in [0, 0.05) is 18.7 Å². The van der Waals surface area contributed by atoms with Crippen LogP contribution >= 0.6 is 11.6 Å². The fourth-order valence-electron chi connectivity index (χ4n) is 3.36. The summed E-state index contributed by atoms with van der Waals surface area (Å²) < 4.78 is 43.5. The molecule has 0 aromatic heterocycles. The van der Waals surface area contributed by atoms with E-state index in [1.54, 1.807) is 6.07 Å². The van der Waals surface area contributed by atoms with Gasteiger partial charge in [0.25, 0.3) is 5.91 Å². The molecule has 1 saturated heterocycles. The van der Waals surface area contributed by atoms with E-state index in [-0.39, 0.29) is 29.6 Å². The summed E-state index contributed by atoms with van der Waals surface area (Å²) in [4.78, 5) is 38.4. The molecule has 1 heterocycles. The van der Waals surface area contributed by atoms with Gasteiger partial charge in [-0.3, -0.25) is 14.4 Å². The monoisotopic (exact) mass is 468 g/mol. The number of nitrogens with one attached hydrogen (secondary N) is 1. The van der Waals surface area contributed by atoms with Crippen molar-refractivity contribution in [2.24, 2.45) is 5.92 Å². The van der Waals surface area contributed by atoms with Crippen LogP contribution in [-0.2, 0) is 25.3 Å². The molecule has 32 heavy (non-hydrogen) atoms. The fraction of sp³-hybridized carbons (Fsp3) is 0.318. The molecule has 1 atom stereocenters. The molecule has 0 aliphatic carbocycles. The Hall–Kier alpha value is -3.07. The van der Waals surface area contributed by atoms with Crippen molar-refractivity contribution in [3.05, 3.63) is 58.1 Å². The third-order valence-corrected chi connectivity index (χ3v) is 5.57. The van der Waals surface area contributed by atoms with Crippen LogP contribution < -0.4 is 10.2 Å². The van der Waals surface area contributed by atoms with Crippen LogP contribution in [0.4, 0.5) is 24.5 Å². The van der Waals surface area contributed by atoms with Crippen LogP contribution in [0.25, 0.3) is 0 Å². The first-order valence-electron chi connectivity index (χ1n) is 9.67. The van der Waals surface area contributed by atoms with Gasteiger partial charge in [-0.05, 0) is 49.2 Å². The van der Waals surface area contributed by atoms with Crippen LogP contribution in [-0.4, -0.2) is 30.9 Å². The second kappa shape index (κ2) is 9.20. The van der Waals surface area contributed by atoms with Crippen molar-refractivity contribution >= 4 is 40.8 Å². The van der Waals surface area contributed by atoms with Gasteiger partial charge >= 0.3 is 12.1 Å². The number of amides is 2. The van der Waals surface area contributed by atoms with Crippen molar-refractivity contribution in [3.8, 4) is 0 Å². The van der Waals surface area contributed by atoms with Gasteiger partial charge in [-0.2, -0.15) is 13.2 Å². The number of alkyl halides is 3. The summed E-state index contributed by atoms with van der Waals surface area (Å²) in [5.41, 5.74) is 1.41. The molecule has 0 spiro atoms. The lowest BCUT2D eigenvalue weighted by atomic mass is 10.1. The smallest absolute Gasteiger partial charge is 0.416 e. The molecular weight excluding hydrogens is 449 g/mol. The zero-order chi connectivity index (χ0) is 23.6. The molecule has 3 rings (SSSR count). The molecule has 1 N–H and O–H groups in total. The number of ether oxygens (including phenoxy) is 1. The van der Waals surface area contributed by atoms with Crippen molar-refractivity contribution in [1.82, 2.24) is 0 Å². The molecule has 170 valence electrons. The maximum absolute atomic E-state index is 12.8. The molecule has 0 saturated carbocycles. The Labute approximate surface area is 187 Å². The molecule has 10 heteroatoms. The van der Waals surface area contributed by atoms with E-state index in [0.29, 0.717) is 11.8 Å². The summed E-state index contributed by atoms with van der Waals surface area (Å²) in [6.07, 6.45) is -4.67. The summed E-state index contributed by atoms with van der Waals surface area (Å²) in [6.45, 7) is 3.19. The van der Waals surface area contributed by atoms with E-state index in [2.05, 4.69) is 5.32 Å². The lowest BCUT2D eigenvalue weighted by Crippen LogP contribution is -2.28. The Balaban J connectivity index is 1.59. The number of carbonyl (C=O) groups excluding carboxylic acids is 3. The average Bonchev–Trinajstić information content (AvgIpc) is 3.10. The topological polar surface area (TPSA) is 75.7 Å². The third kappa shape index (κ3) is 5.21. The number of carbonyl (C=O) groups is 3. The Morgan fingerprint density at radius 3 is 2.62 bits per heavy atom. The number of aryl methyl sites for hydroxylation is 1. The van der Waals surface area contributed by atoms with Gasteiger partial charge in [0.15, 0.2) is 6.61 Å². The SMILES string of the molecule is Cc1cccc(N2C[C@H](C(=O)OCC(=O)Nc3cc(C(F)(F)F)ccc3Cl)CC2=O)c1C. The van der Waals surface area contributed by atoms with Gasteiger partial charge in [-0.1, -0.05) is 23.7 Å². The Bertz CT molecular complexity index is 1070. The minimum absolute atomic E-state index is 0.0622. The standard InChI is InChI=1S/C22H20ClF3N2O4/c1-12-4-3-5-18(13(12)2)28-10-14(8-20(28)30)21(31)32-11-19(29)27-17-9-15(22(24,25)26)6-7-16(17)23/h3-7,9,14H,8,10-11H2,1-2H3,(H,27,29)/t14-/m1/s1. The van der Waals surface area contributed by atoms with Crippen molar-refractivity contribution in [2.75, 3.05) is 23.4 Å². The molecule has 2 aromatic carbocycles. The average molecular weight is 469 g/mol. The second-order valence-corrected chi connectivity index (χ2v) is 7.88. The largest absolute Gasteiger partial charge is 0.455 e. The van der Waals surface area contributed by atoms with E-state index < -0.39 is 36.1 Å². The van der Waals surface area contributed by atoms with Crippen LogP contribution in [0, 0.1) is 19.8 Å². The number of rotatable bonds is 5. The van der Waals surface area contributed by atoms with Gasteiger partial charge in [-0.15, -0.1) is 0 Å². The summed E-state index contributed by atoms with van der Waals surface area (Å²) in [5.74, 6) is -2.58. The second-order valence-electron chi connectivity index (χ2n) is 7.47. The molecule has 0 unspecified atom stereocenters. The van der Waals surface area contributed by atoms with Crippen LogP contribution in [0.2, 0.25) is 5.02 Å². The normalized spacial score (nSPS) is 16.2. The third-order valence-electron chi connectivity index (χ3n) is 5.24.